The van der Waals surface area contributed by atoms with E-state index in [1.165, 1.54) is 5.56 Å². The van der Waals surface area contributed by atoms with Crippen LogP contribution in [0.5, 0.6) is 0 Å². The Morgan fingerprint density at radius 3 is 2.32 bits per heavy atom. The molecule has 0 saturated carbocycles. The van der Waals surface area contributed by atoms with Gasteiger partial charge in [-0.3, -0.25) is 0 Å². The Balaban J connectivity index is 2.05. The van der Waals surface area contributed by atoms with Crippen LogP contribution in [0.15, 0.2) is 30.3 Å². The van der Waals surface area contributed by atoms with E-state index in [9.17, 15) is 0 Å². The summed E-state index contributed by atoms with van der Waals surface area (Å²) in [4.78, 5) is 0. The zero-order valence-electron chi connectivity index (χ0n) is 12.8. The van der Waals surface area contributed by atoms with Crippen LogP contribution in [0.4, 0.5) is 0 Å². The average Bonchev–Trinajstić information content (AvgIpc) is 3.11. The summed E-state index contributed by atoms with van der Waals surface area (Å²) in [6.07, 6.45) is 1.47. The molecule has 3 heteroatoms. The third kappa shape index (κ3) is 3.91. The number of hydrogen-bond donors (Lipinski definition) is 0. The van der Waals surface area contributed by atoms with Crippen LogP contribution in [-0.2, 0) is 15.6 Å². The first-order chi connectivity index (χ1) is 8.79. The molecular weight excluding hydrogens is 252 g/mol. The molecule has 1 aromatic carbocycles. The molecule has 106 valence electrons. The molecule has 2 rings (SSSR count). The van der Waals surface area contributed by atoms with E-state index in [-0.39, 0.29) is 11.1 Å². The largest absolute Gasteiger partial charge is 0.411 e. The summed E-state index contributed by atoms with van der Waals surface area (Å²) < 4.78 is 12.0. The maximum atomic E-state index is 6.54. The molecule has 2 atom stereocenters. The monoisotopic (exact) mass is 278 g/mol. The third-order valence-electron chi connectivity index (χ3n) is 4.31. The van der Waals surface area contributed by atoms with E-state index >= 15 is 0 Å². The molecule has 1 aliphatic rings. The number of benzene rings is 1. The first kappa shape index (κ1) is 14.8. The summed E-state index contributed by atoms with van der Waals surface area (Å²) in [5.41, 5.74) is 1.33. The van der Waals surface area contributed by atoms with Crippen molar-refractivity contribution in [1.29, 1.82) is 0 Å². The highest BCUT2D eigenvalue weighted by Gasteiger charge is 2.43. The van der Waals surface area contributed by atoms with E-state index in [0.29, 0.717) is 6.10 Å². The van der Waals surface area contributed by atoms with Crippen molar-refractivity contribution in [3.05, 3.63) is 35.9 Å². The lowest BCUT2D eigenvalue weighted by atomic mass is 10.1. The molecule has 1 fully saturated rings. The highest BCUT2D eigenvalue weighted by atomic mass is 28.4. The van der Waals surface area contributed by atoms with Gasteiger partial charge in [-0.2, -0.15) is 0 Å². The fraction of sp³-hybridized carbons (Fsp3) is 0.625. The van der Waals surface area contributed by atoms with Crippen molar-refractivity contribution in [2.45, 2.75) is 57.5 Å². The fourth-order valence-electron chi connectivity index (χ4n) is 1.92. The standard InChI is InChI=1S/C16H26O2Si/c1-16(2,3)19(4,5)18-14(15-12-17-15)11-13-9-7-6-8-10-13/h6-10,14-15H,11-12H2,1-5H3. The van der Waals surface area contributed by atoms with Crippen molar-refractivity contribution >= 4 is 8.32 Å². The van der Waals surface area contributed by atoms with E-state index in [2.05, 4.69) is 64.2 Å². The lowest BCUT2D eigenvalue weighted by Crippen LogP contribution is -2.46. The molecule has 0 aliphatic carbocycles. The van der Waals surface area contributed by atoms with Gasteiger partial charge in [0.25, 0.3) is 0 Å². The van der Waals surface area contributed by atoms with Crippen molar-refractivity contribution in [3.8, 4) is 0 Å². The van der Waals surface area contributed by atoms with Crippen molar-refractivity contribution in [2.75, 3.05) is 6.61 Å². The molecule has 0 spiro atoms. The number of hydrogen-bond acceptors (Lipinski definition) is 2. The topological polar surface area (TPSA) is 21.8 Å². The van der Waals surface area contributed by atoms with Gasteiger partial charge < -0.3 is 9.16 Å². The van der Waals surface area contributed by atoms with Gasteiger partial charge in [-0.25, -0.2) is 0 Å². The van der Waals surface area contributed by atoms with Gasteiger partial charge in [0.2, 0.25) is 0 Å². The van der Waals surface area contributed by atoms with Crippen LogP contribution in [0, 0.1) is 0 Å². The van der Waals surface area contributed by atoms with Crippen molar-refractivity contribution < 1.29 is 9.16 Å². The molecule has 1 aliphatic heterocycles. The Kier molecular flexibility index (Phi) is 4.19. The number of rotatable bonds is 5. The van der Waals surface area contributed by atoms with Crippen LogP contribution in [0.25, 0.3) is 0 Å². The number of ether oxygens (including phenoxy) is 1. The van der Waals surface area contributed by atoms with E-state index < -0.39 is 8.32 Å². The minimum Gasteiger partial charge on any atom is -0.411 e. The summed E-state index contributed by atoms with van der Waals surface area (Å²) in [6.45, 7) is 12.3. The molecule has 0 bridgehead atoms. The van der Waals surface area contributed by atoms with Crippen LogP contribution >= 0.6 is 0 Å². The molecule has 2 unspecified atom stereocenters. The van der Waals surface area contributed by atoms with E-state index in [4.69, 9.17) is 9.16 Å². The maximum absolute atomic E-state index is 6.54. The van der Waals surface area contributed by atoms with Gasteiger partial charge >= 0.3 is 0 Å². The molecule has 0 N–H and O–H groups in total. The summed E-state index contributed by atoms with van der Waals surface area (Å²) in [5, 5.41) is 0.247. The van der Waals surface area contributed by atoms with E-state index in [1.54, 1.807) is 0 Å². The molecule has 2 nitrogen and oxygen atoms in total. The van der Waals surface area contributed by atoms with Crippen molar-refractivity contribution in [2.24, 2.45) is 0 Å². The maximum Gasteiger partial charge on any atom is 0.192 e. The van der Waals surface area contributed by atoms with Gasteiger partial charge in [-0.1, -0.05) is 51.1 Å². The minimum absolute atomic E-state index is 0.211. The second-order valence-electron chi connectivity index (χ2n) is 6.98. The minimum atomic E-state index is -1.72. The second-order valence-corrected chi connectivity index (χ2v) is 11.7. The van der Waals surface area contributed by atoms with Crippen LogP contribution in [0.3, 0.4) is 0 Å². The molecule has 0 amide bonds. The number of epoxide rings is 1. The first-order valence-corrected chi connectivity index (χ1v) is 10.0. The smallest absolute Gasteiger partial charge is 0.192 e. The van der Waals surface area contributed by atoms with Crippen LogP contribution in [-0.4, -0.2) is 27.1 Å². The summed E-state index contributed by atoms with van der Waals surface area (Å²) >= 11 is 0. The Hall–Kier alpha value is -0.643. The molecule has 0 aromatic heterocycles. The van der Waals surface area contributed by atoms with Gasteiger partial charge in [0.1, 0.15) is 6.10 Å². The summed E-state index contributed by atoms with van der Waals surface area (Å²) in [7, 11) is -1.72. The lowest BCUT2D eigenvalue weighted by molar-refractivity contribution is 0.142. The Labute approximate surface area is 118 Å². The Morgan fingerprint density at radius 1 is 1.26 bits per heavy atom. The van der Waals surface area contributed by atoms with E-state index in [0.717, 1.165) is 13.0 Å². The third-order valence-corrected chi connectivity index (χ3v) is 8.81. The van der Waals surface area contributed by atoms with Crippen molar-refractivity contribution in [1.82, 2.24) is 0 Å². The Bertz CT molecular complexity index is 405. The molecule has 1 aromatic rings. The molecular formula is C16H26O2Si. The lowest BCUT2D eigenvalue weighted by Gasteiger charge is -2.39. The highest BCUT2D eigenvalue weighted by molar-refractivity contribution is 6.74. The SMILES string of the molecule is CC(C)(C)[Si](C)(C)OC(Cc1ccccc1)C1CO1. The normalized spacial score (nSPS) is 21.2. The second kappa shape index (κ2) is 5.39. The van der Waals surface area contributed by atoms with Gasteiger partial charge in [-0.15, -0.1) is 0 Å². The fourth-order valence-corrected chi connectivity index (χ4v) is 3.27. The Morgan fingerprint density at radius 2 is 1.84 bits per heavy atom. The molecule has 1 saturated heterocycles. The molecule has 0 radical (unpaired) electrons. The highest BCUT2D eigenvalue weighted by Crippen LogP contribution is 2.39. The summed E-state index contributed by atoms with van der Waals surface area (Å²) in [6, 6.07) is 10.6. The molecule has 19 heavy (non-hydrogen) atoms. The first-order valence-electron chi connectivity index (χ1n) is 7.13. The predicted molar refractivity (Wildman–Crippen MR) is 82.0 cm³/mol. The van der Waals surface area contributed by atoms with Crippen LogP contribution < -0.4 is 0 Å². The van der Waals surface area contributed by atoms with Crippen LogP contribution in [0.2, 0.25) is 18.1 Å². The van der Waals surface area contributed by atoms with Gasteiger partial charge in [0.15, 0.2) is 8.32 Å². The van der Waals surface area contributed by atoms with Gasteiger partial charge in [0.05, 0.1) is 12.7 Å². The zero-order valence-corrected chi connectivity index (χ0v) is 13.8. The molecule has 1 heterocycles. The van der Waals surface area contributed by atoms with Crippen molar-refractivity contribution in [3.63, 3.8) is 0 Å². The van der Waals surface area contributed by atoms with Gasteiger partial charge in [-0.05, 0) is 23.7 Å². The predicted octanol–water partition coefficient (Wildman–Crippen LogP) is 4.02. The average molecular weight is 278 g/mol. The van der Waals surface area contributed by atoms with Gasteiger partial charge in [0, 0.05) is 6.42 Å². The van der Waals surface area contributed by atoms with E-state index in [1.807, 2.05) is 0 Å². The quantitative estimate of drug-likeness (QED) is 0.599. The van der Waals surface area contributed by atoms with Crippen LogP contribution in [0.1, 0.15) is 26.3 Å². The zero-order chi connectivity index (χ0) is 14.1. The summed E-state index contributed by atoms with van der Waals surface area (Å²) in [5.74, 6) is 0.